The Kier molecular flexibility index (Phi) is 4.20. The molecule has 2 rings (SSSR count). The molecule has 19 heavy (non-hydrogen) atoms. The lowest BCUT2D eigenvalue weighted by atomic mass is 10.0. The van der Waals surface area contributed by atoms with Crippen molar-refractivity contribution in [1.82, 2.24) is 4.90 Å². The fourth-order valence-corrected chi connectivity index (χ4v) is 2.66. The summed E-state index contributed by atoms with van der Waals surface area (Å²) in [6.07, 6.45) is 1.89. The molecule has 2 atom stereocenters. The first-order valence-electron chi connectivity index (χ1n) is 6.69. The van der Waals surface area contributed by atoms with Crippen molar-refractivity contribution in [2.75, 3.05) is 0 Å². The summed E-state index contributed by atoms with van der Waals surface area (Å²) < 4.78 is 0. The van der Waals surface area contributed by atoms with Gasteiger partial charge in [-0.2, -0.15) is 0 Å². The highest BCUT2D eigenvalue weighted by molar-refractivity contribution is 5.93. The summed E-state index contributed by atoms with van der Waals surface area (Å²) in [6, 6.07) is 9.50. The van der Waals surface area contributed by atoms with Gasteiger partial charge < -0.3 is 5.11 Å². The van der Waals surface area contributed by atoms with Crippen molar-refractivity contribution in [2.24, 2.45) is 5.92 Å². The SMILES string of the molecule is CC1CCC[C@H](Cc2ccccc2)N(C(=O)O)C1=O. The summed E-state index contributed by atoms with van der Waals surface area (Å²) >= 11 is 0. The Balaban J connectivity index is 2.20. The van der Waals surface area contributed by atoms with E-state index in [2.05, 4.69) is 0 Å². The number of amides is 2. The van der Waals surface area contributed by atoms with E-state index in [4.69, 9.17) is 0 Å². The molecule has 0 aliphatic carbocycles. The third-order valence-corrected chi connectivity index (χ3v) is 3.72. The molecule has 4 nitrogen and oxygen atoms in total. The lowest BCUT2D eigenvalue weighted by Crippen LogP contribution is -2.45. The van der Waals surface area contributed by atoms with Crippen LogP contribution < -0.4 is 0 Å². The van der Waals surface area contributed by atoms with E-state index in [1.54, 1.807) is 0 Å². The highest BCUT2D eigenvalue weighted by Gasteiger charge is 2.34. The Morgan fingerprint density at radius 1 is 1.32 bits per heavy atom. The quantitative estimate of drug-likeness (QED) is 0.890. The zero-order valence-electron chi connectivity index (χ0n) is 11.1. The van der Waals surface area contributed by atoms with Crippen molar-refractivity contribution in [3.63, 3.8) is 0 Å². The molecule has 1 heterocycles. The van der Waals surface area contributed by atoms with E-state index in [9.17, 15) is 14.7 Å². The normalized spacial score (nSPS) is 24.1. The molecule has 1 fully saturated rings. The monoisotopic (exact) mass is 261 g/mol. The van der Waals surface area contributed by atoms with Crippen LogP contribution in [0.1, 0.15) is 31.7 Å². The minimum absolute atomic E-state index is 0.197. The van der Waals surface area contributed by atoms with Gasteiger partial charge in [0.2, 0.25) is 5.91 Å². The van der Waals surface area contributed by atoms with Crippen LogP contribution in [0.4, 0.5) is 4.79 Å². The Bertz CT molecular complexity index is 458. The Labute approximate surface area is 113 Å². The number of hydrogen-bond acceptors (Lipinski definition) is 2. The molecular formula is C15H19NO3. The van der Waals surface area contributed by atoms with Gasteiger partial charge in [0.05, 0.1) is 0 Å². The molecule has 1 unspecified atom stereocenters. The molecule has 0 aromatic heterocycles. The molecule has 0 spiro atoms. The van der Waals surface area contributed by atoms with Crippen LogP contribution in [0.3, 0.4) is 0 Å². The first-order valence-corrected chi connectivity index (χ1v) is 6.69. The second-order valence-corrected chi connectivity index (χ2v) is 5.17. The fraction of sp³-hybridized carbons (Fsp3) is 0.467. The Morgan fingerprint density at radius 3 is 2.63 bits per heavy atom. The van der Waals surface area contributed by atoms with Crippen LogP contribution in [-0.2, 0) is 11.2 Å². The third-order valence-electron chi connectivity index (χ3n) is 3.72. The average Bonchev–Trinajstić information content (AvgIpc) is 2.51. The predicted molar refractivity (Wildman–Crippen MR) is 71.8 cm³/mol. The highest BCUT2D eigenvalue weighted by Crippen LogP contribution is 2.24. The van der Waals surface area contributed by atoms with Crippen molar-refractivity contribution in [2.45, 2.75) is 38.6 Å². The lowest BCUT2D eigenvalue weighted by Gasteiger charge is -2.26. The summed E-state index contributed by atoms with van der Waals surface area (Å²) in [5.74, 6) is -0.456. The zero-order chi connectivity index (χ0) is 13.8. The van der Waals surface area contributed by atoms with Gasteiger partial charge in [-0.1, -0.05) is 43.7 Å². The van der Waals surface area contributed by atoms with E-state index in [0.717, 1.165) is 29.7 Å². The summed E-state index contributed by atoms with van der Waals surface area (Å²) in [5.41, 5.74) is 1.07. The highest BCUT2D eigenvalue weighted by atomic mass is 16.4. The van der Waals surface area contributed by atoms with Gasteiger partial charge >= 0.3 is 6.09 Å². The van der Waals surface area contributed by atoms with E-state index in [1.807, 2.05) is 37.3 Å². The van der Waals surface area contributed by atoms with E-state index >= 15 is 0 Å². The zero-order valence-corrected chi connectivity index (χ0v) is 11.1. The standard InChI is InChI=1S/C15H19NO3/c1-11-6-5-9-13(16(14(11)17)15(18)19)10-12-7-3-2-4-8-12/h2-4,7-8,11,13H,5-6,9-10H2,1H3,(H,18,19)/t11?,13-/m1/s1. The molecule has 0 bridgehead atoms. The number of rotatable bonds is 2. The van der Waals surface area contributed by atoms with Gasteiger partial charge in [0.25, 0.3) is 0 Å². The number of imide groups is 1. The molecule has 102 valence electrons. The van der Waals surface area contributed by atoms with Crippen molar-refractivity contribution >= 4 is 12.0 Å². The van der Waals surface area contributed by atoms with Crippen molar-refractivity contribution < 1.29 is 14.7 Å². The molecule has 1 aliphatic rings. The molecule has 1 aromatic rings. The first-order chi connectivity index (χ1) is 9.09. The van der Waals surface area contributed by atoms with Crippen LogP contribution in [0.5, 0.6) is 0 Å². The van der Waals surface area contributed by atoms with Gasteiger partial charge in [-0.15, -0.1) is 0 Å². The van der Waals surface area contributed by atoms with E-state index < -0.39 is 6.09 Å². The number of carbonyl (C=O) groups is 2. The topological polar surface area (TPSA) is 57.6 Å². The van der Waals surface area contributed by atoms with E-state index in [0.29, 0.717) is 6.42 Å². The maximum absolute atomic E-state index is 12.1. The molecule has 0 radical (unpaired) electrons. The van der Waals surface area contributed by atoms with E-state index in [-0.39, 0.29) is 17.9 Å². The minimum Gasteiger partial charge on any atom is -0.465 e. The second-order valence-electron chi connectivity index (χ2n) is 5.17. The van der Waals surface area contributed by atoms with Crippen LogP contribution in [0, 0.1) is 5.92 Å². The molecular weight excluding hydrogens is 242 g/mol. The number of nitrogens with zero attached hydrogens (tertiary/aromatic N) is 1. The van der Waals surface area contributed by atoms with Crippen molar-refractivity contribution in [1.29, 1.82) is 0 Å². The number of carboxylic acid groups (broad SMARTS) is 1. The summed E-state index contributed by atoms with van der Waals surface area (Å²) in [6.45, 7) is 1.81. The average molecular weight is 261 g/mol. The molecule has 1 aliphatic heterocycles. The van der Waals surface area contributed by atoms with Crippen LogP contribution in [0.25, 0.3) is 0 Å². The Hall–Kier alpha value is -1.84. The van der Waals surface area contributed by atoms with Gasteiger partial charge in [-0.3, -0.25) is 4.79 Å². The molecule has 1 N–H and O–H groups in total. The molecule has 4 heteroatoms. The first kappa shape index (κ1) is 13.6. The maximum Gasteiger partial charge on any atom is 0.414 e. The van der Waals surface area contributed by atoms with Gasteiger partial charge in [-0.05, 0) is 24.8 Å². The van der Waals surface area contributed by atoms with Gasteiger partial charge in [-0.25, -0.2) is 9.69 Å². The molecule has 2 amide bonds. The molecule has 1 saturated heterocycles. The number of benzene rings is 1. The summed E-state index contributed by atoms with van der Waals surface area (Å²) in [4.78, 5) is 24.5. The molecule has 0 saturated carbocycles. The summed E-state index contributed by atoms with van der Waals surface area (Å²) in [5, 5.41) is 9.30. The largest absolute Gasteiger partial charge is 0.465 e. The number of hydrogen-bond donors (Lipinski definition) is 1. The van der Waals surface area contributed by atoms with Gasteiger partial charge in [0.1, 0.15) is 0 Å². The van der Waals surface area contributed by atoms with Crippen molar-refractivity contribution in [3.05, 3.63) is 35.9 Å². The van der Waals surface area contributed by atoms with Crippen LogP contribution in [0.15, 0.2) is 30.3 Å². The fourth-order valence-electron chi connectivity index (χ4n) is 2.66. The maximum atomic E-state index is 12.1. The van der Waals surface area contributed by atoms with Crippen molar-refractivity contribution in [3.8, 4) is 0 Å². The predicted octanol–water partition coefficient (Wildman–Crippen LogP) is 2.92. The number of carbonyl (C=O) groups excluding carboxylic acids is 1. The van der Waals surface area contributed by atoms with Crippen LogP contribution in [-0.4, -0.2) is 28.0 Å². The molecule has 1 aromatic carbocycles. The third kappa shape index (κ3) is 3.13. The summed E-state index contributed by atoms with van der Waals surface area (Å²) in [7, 11) is 0. The lowest BCUT2D eigenvalue weighted by molar-refractivity contribution is -0.134. The van der Waals surface area contributed by atoms with Crippen LogP contribution >= 0.6 is 0 Å². The second kappa shape index (κ2) is 5.87. The minimum atomic E-state index is -1.13. The Morgan fingerprint density at radius 2 is 2.00 bits per heavy atom. The smallest absolute Gasteiger partial charge is 0.414 e. The number of likely N-dealkylation sites (tertiary alicyclic amines) is 1. The van der Waals surface area contributed by atoms with E-state index in [1.165, 1.54) is 0 Å². The van der Waals surface area contributed by atoms with Gasteiger partial charge in [0.15, 0.2) is 0 Å². The van der Waals surface area contributed by atoms with Gasteiger partial charge in [0, 0.05) is 12.0 Å². The van der Waals surface area contributed by atoms with Crippen LogP contribution in [0.2, 0.25) is 0 Å².